The quantitative estimate of drug-likeness (QED) is 0.216. The molecule has 4 aromatic rings. The molecule has 4 aromatic carbocycles. The average Bonchev–Trinajstić information content (AvgIpc) is 2.98. The fourth-order valence-electron chi connectivity index (χ4n) is 7.78. The molecule has 0 bridgehead atoms. The highest BCUT2D eigenvalue weighted by atomic mass is 15.5. The molecule has 0 radical (unpaired) electrons. The first-order chi connectivity index (χ1) is 18.7. The van der Waals surface area contributed by atoms with E-state index in [-0.39, 0.29) is 0 Å². The first-order valence-electron chi connectivity index (χ1n) is 14.6. The summed E-state index contributed by atoms with van der Waals surface area (Å²) in [5.74, 6) is 0. The topological polar surface area (TPSA) is 0 Å². The predicted octanol–water partition coefficient (Wildman–Crippen LogP) is 7.75. The molecule has 1 heterocycles. The Morgan fingerprint density at radius 2 is 0.658 bits per heavy atom. The van der Waals surface area contributed by atoms with E-state index >= 15 is 0 Å². The van der Waals surface area contributed by atoms with E-state index in [0.717, 1.165) is 26.2 Å². The SMILES string of the molecule is c1ccc(C[N+]2(Cc3ccccc3)CC[N+](Cc3ccccc3)(Cc3ccccc3)[C@@H]3CCCC[C@H]32)cc1. The third kappa shape index (κ3) is 5.34. The highest BCUT2D eigenvalue weighted by Crippen LogP contribution is 2.44. The summed E-state index contributed by atoms with van der Waals surface area (Å²) in [5, 5.41) is 0. The summed E-state index contributed by atoms with van der Waals surface area (Å²) < 4.78 is 2.39. The van der Waals surface area contributed by atoms with Crippen molar-refractivity contribution in [2.45, 2.75) is 63.9 Å². The van der Waals surface area contributed by atoms with Gasteiger partial charge in [0.15, 0.2) is 0 Å². The highest BCUT2D eigenvalue weighted by Gasteiger charge is 2.57. The molecule has 2 heteroatoms. The molecule has 0 amide bonds. The van der Waals surface area contributed by atoms with E-state index in [9.17, 15) is 0 Å². The molecule has 2 aliphatic rings. The molecule has 1 saturated heterocycles. The summed E-state index contributed by atoms with van der Waals surface area (Å²) >= 11 is 0. The Morgan fingerprint density at radius 3 is 0.921 bits per heavy atom. The third-order valence-corrected chi connectivity index (χ3v) is 9.45. The lowest BCUT2D eigenvalue weighted by Crippen LogP contribution is -2.75. The summed E-state index contributed by atoms with van der Waals surface area (Å²) in [4.78, 5) is 0. The van der Waals surface area contributed by atoms with Crippen LogP contribution in [-0.2, 0) is 26.2 Å². The minimum Gasteiger partial charge on any atom is -0.304 e. The Labute approximate surface area is 229 Å². The lowest BCUT2D eigenvalue weighted by atomic mass is 9.80. The molecule has 2 nitrogen and oxygen atoms in total. The minimum atomic E-state index is 0.672. The van der Waals surface area contributed by atoms with Crippen molar-refractivity contribution in [3.8, 4) is 0 Å². The number of nitrogens with zero attached hydrogens (tertiary/aromatic N) is 2. The van der Waals surface area contributed by atoms with Gasteiger partial charge >= 0.3 is 0 Å². The third-order valence-electron chi connectivity index (χ3n) is 9.45. The summed E-state index contributed by atoms with van der Waals surface area (Å²) in [6.45, 7) is 6.98. The summed E-state index contributed by atoms with van der Waals surface area (Å²) in [7, 11) is 0. The van der Waals surface area contributed by atoms with Crippen molar-refractivity contribution in [1.29, 1.82) is 0 Å². The van der Waals surface area contributed by atoms with E-state index in [4.69, 9.17) is 0 Å². The molecule has 6 rings (SSSR count). The van der Waals surface area contributed by atoms with Crippen molar-refractivity contribution >= 4 is 0 Å². The maximum absolute atomic E-state index is 2.35. The van der Waals surface area contributed by atoms with Crippen LogP contribution in [0.3, 0.4) is 0 Å². The van der Waals surface area contributed by atoms with Crippen molar-refractivity contribution in [3.05, 3.63) is 144 Å². The van der Waals surface area contributed by atoms with Crippen LogP contribution < -0.4 is 0 Å². The predicted molar refractivity (Wildman–Crippen MR) is 157 cm³/mol. The molecule has 0 unspecified atom stereocenters. The second-order valence-corrected chi connectivity index (χ2v) is 11.9. The van der Waals surface area contributed by atoms with Crippen LogP contribution in [0.2, 0.25) is 0 Å². The van der Waals surface area contributed by atoms with Gasteiger partial charge in [0.1, 0.15) is 51.4 Å². The van der Waals surface area contributed by atoms with E-state index in [2.05, 4.69) is 121 Å². The number of rotatable bonds is 8. The van der Waals surface area contributed by atoms with Crippen LogP contribution in [0.5, 0.6) is 0 Å². The van der Waals surface area contributed by atoms with Gasteiger partial charge < -0.3 is 8.97 Å². The molecule has 0 aromatic heterocycles. The van der Waals surface area contributed by atoms with Gasteiger partial charge in [-0.1, -0.05) is 121 Å². The number of piperazine rings is 1. The standard InChI is InChI=1S/C36H42N2/c1-5-15-31(16-6-1)27-37(28-32-17-7-2-8-18-32)25-26-38(29-33-19-9-3-10-20-33,30-34-21-11-4-12-22-34)36-24-14-13-23-35(36)37/h1-12,15-22,35-36H,13-14,23-30H2/q+2/t35-,36-/m1/s1. The van der Waals surface area contributed by atoms with E-state index in [0.29, 0.717) is 12.1 Å². The lowest BCUT2D eigenvalue weighted by molar-refractivity contribution is -1.09. The van der Waals surface area contributed by atoms with Crippen molar-refractivity contribution in [2.24, 2.45) is 0 Å². The van der Waals surface area contributed by atoms with Crippen LogP contribution in [0.4, 0.5) is 0 Å². The summed E-state index contributed by atoms with van der Waals surface area (Å²) in [6, 6.07) is 46.6. The van der Waals surface area contributed by atoms with Gasteiger partial charge in [-0.15, -0.1) is 0 Å². The molecule has 0 N–H and O–H groups in total. The van der Waals surface area contributed by atoms with Crippen molar-refractivity contribution in [2.75, 3.05) is 13.1 Å². The van der Waals surface area contributed by atoms with Gasteiger partial charge in [-0.2, -0.15) is 0 Å². The molecule has 2 atom stereocenters. The maximum atomic E-state index is 2.35. The smallest absolute Gasteiger partial charge is 0.142 e. The zero-order valence-corrected chi connectivity index (χ0v) is 22.7. The number of benzene rings is 4. The number of fused-ring (bicyclic) bond motifs is 1. The van der Waals surface area contributed by atoms with Crippen LogP contribution in [0.1, 0.15) is 47.9 Å². The van der Waals surface area contributed by atoms with Crippen LogP contribution in [0, 0.1) is 0 Å². The second-order valence-electron chi connectivity index (χ2n) is 11.9. The van der Waals surface area contributed by atoms with Crippen LogP contribution >= 0.6 is 0 Å². The zero-order valence-electron chi connectivity index (χ0n) is 22.7. The molecular weight excluding hydrogens is 460 g/mol. The Kier molecular flexibility index (Phi) is 7.44. The molecule has 1 aliphatic carbocycles. The van der Waals surface area contributed by atoms with Gasteiger partial charge in [0.05, 0.1) is 0 Å². The van der Waals surface area contributed by atoms with E-state index < -0.39 is 0 Å². The van der Waals surface area contributed by atoms with E-state index in [1.54, 1.807) is 0 Å². The molecule has 0 spiro atoms. The molecular formula is C36H42N2+2. The number of hydrogen-bond acceptors (Lipinski definition) is 0. The van der Waals surface area contributed by atoms with Gasteiger partial charge in [0.2, 0.25) is 0 Å². The van der Waals surface area contributed by atoms with Gasteiger partial charge in [-0.05, 0) is 12.8 Å². The zero-order chi connectivity index (χ0) is 25.7. The molecule has 1 saturated carbocycles. The largest absolute Gasteiger partial charge is 0.304 e. The Balaban J connectivity index is 1.42. The first kappa shape index (κ1) is 25.1. The lowest BCUT2D eigenvalue weighted by Gasteiger charge is -2.60. The number of hydrogen-bond donors (Lipinski definition) is 0. The van der Waals surface area contributed by atoms with Crippen LogP contribution in [0.15, 0.2) is 121 Å². The van der Waals surface area contributed by atoms with Gasteiger partial charge in [0.25, 0.3) is 0 Å². The fraction of sp³-hybridized carbons (Fsp3) is 0.333. The Bertz CT molecular complexity index is 1080. The monoisotopic (exact) mass is 502 g/mol. The van der Waals surface area contributed by atoms with E-state index in [1.165, 1.54) is 70.0 Å². The van der Waals surface area contributed by atoms with E-state index in [1.807, 2.05) is 0 Å². The van der Waals surface area contributed by atoms with Gasteiger partial charge in [-0.3, -0.25) is 0 Å². The Morgan fingerprint density at radius 1 is 0.395 bits per heavy atom. The first-order valence-corrected chi connectivity index (χ1v) is 14.6. The van der Waals surface area contributed by atoms with Gasteiger partial charge in [-0.25, -0.2) is 0 Å². The second kappa shape index (κ2) is 11.3. The average molecular weight is 503 g/mol. The number of quaternary nitrogens is 2. The normalized spacial score (nSPS) is 21.9. The molecule has 194 valence electrons. The van der Waals surface area contributed by atoms with Gasteiger partial charge in [0, 0.05) is 35.1 Å². The highest BCUT2D eigenvalue weighted by molar-refractivity contribution is 5.18. The molecule has 38 heavy (non-hydrogen) atoms. The Hall–Kier alpha value is -3.20. The summed E-state index contributed by atoms with van der Waals surface area (Å²) in [5.41, 5.74) is 5.94. The molecule has 2 fully saturated rings. The van der Waals surface area contributed by atoms with Crippen molar-refractivity contribution < 1.29 is 8.97 Å². The minimum absolute atomic E-state index is 0.672. The molecule has 1 aliphatic heterocycles. The van der Waals surface area contributed by atoms with Crippen LogP contribution in [0.25, 0.3) is 0 Å². The summed E-state index contributed by atoms with van der Waals surface area (Å²) in [6.07, 6.45) is 5.41. The maximum Gasteiger partial charge on any atom is 0.142 e. The van der Waals surface area contributed by atoms with Crippen molar-refractivity contribution in [3.63, 3.8) is 0 Å². The van der Waals surface area contributed by atoms with Crippen LogP contribution in [-0.4, -0.2) is 34.1 Å². The fourth-order valence-corrected chi connectivity index (χ4v) is 7.78. The van der Waals surface area contributed by atoms with Crippen molar-refractivity contribution in [1.82, 2.24) is 0 Å².